The van der Waals surface area contributed by atoms with Crippen LogP contribution in [0.3, 0.4) is 0 Å². The first-order valence-corrected chi connectivity index (χ1v) is 14.6. The summed E-state index contributed by atoms with van der Waals surface area (Å²) in [4.78, 5) is 26.3. The average Bonchev–Trinajstić information content (AvgIpc) is 2.96. The number of allylic oxidation sites excluding steroid dienone is 2. The van der Waals surface area contributed by atoms with E-state index in [-0.39, 0.29) is 35.4 Å². The molecule has 3 aromatic carbocycles. The summed E-state index contributed by atoms with van der Waals surface area (Å²) in [7, 11) is 1.57. The number of aryl methyl sites for hydroxylation is 2. The Morgan fingerprint density at radius 2 is 1.84 bits per heavy atom. The summed E-state index contributed by atoms with van der Waals surface area (Å²) in [5, 5.41) is 31.2. The fraction of sp³-hybridized carbons (Fsp3) is 0.324. The standard InChI is InChI=1S/C34H33ClN4O5/c1-19-7-6-8-20(2)32(19)44-18-22-13-21(9-12-29(22)43-5)30-24(17-36)33(37)38(26-11-10-23(39(41)42)14-25(26)35)27-15-34(3,4)16-28(40)31(27)30/h6-14,24,30,37H,15-16,18H2,1-5H3. The molecule has 2 atom stereocenters. The Balaban J connectivity index is 1.65. The van der Waals surface area contributed by atoms with Gasteiger partial charge in [0.25, 0.3) is 5.69 Å². The maximum Gasteiger partial charge on any atom is 0.271 e. The fourth-order valence-corrected chi connectivity index (χ4v) is 6.56. The Morgan fingerprint density at radius 3 is 2.45 bits per heavy atom. The van der Waals surface area contributed by atoms with E-state index in [0.717, 1.165) is 22.4 Å². The molecule has 0 amide bonds. The number of methoxy groups -OCH3 is 1. The second-order valence-corrected chi connectivity index (χ2v) is 12.5. The van der Waals surface area contributed by atoms with Crippen LogP contribution in [0.4, 0.5) is 11.4 Å². The monoisotopic (exact) mass is 612 g/mol. The Hall–Kier alpha value is -4.68. The van der Waals surface area contributed by atoms with E-state index in [0.29, 0.717) is 34.7 Å². The number of nitrogens with one attached hydrogen (secondary N) is 1. The first-order valence-electron chi connectivity index (χ1n) is 14.2. The highest BCUT2D eigenvalue weighted by molar-refractivity contribution is 6.34. The molecule has 1 aliphatic carbocycles. The molecule has 1 heterocycles. The van der Waals surface area contributed by atoms with Gasteiger partial charge in [-0.25, -0.2) is 0 Å². The molecule has 3 aromatic rings. The van der Waals surface area contributed by atoms with Crippen molar-refractivity contribution in [3.63, 3.8) is 0 Å². The molecule has 9 nitrogen and oxygen atoms in total. The van der Waals surface area contributed by atoms with Crippen molar-refractivity contribution >= 4 is 34.6 Å². The van der Waals surface area contributed by atoms with Crippen molar-refractivity contribution < 1.29 is 19.2 Å². The van der Waals surface area contributed by atoms with Crippen molar-refractivity contribution in [3.8, 4) is 17.6 Å². The molecule has 0 saturated carbocycles. The van der Waals surface area contributed by atoms with E-state index in [1.807, 2.05) is 58.0 Å². The zero-order valence-corrected chi connectivity index (χ0v) is 26.0. The van der Waals surface area contributed by atoms with E-state index in [9.17, 15) is 25.6 Å². The highest BCUT2D eigenvalue weighted by Crippen LogP contribution is 2.51. The van der Waals surface area contributed by atoms with Gasteiger partial charge >= 0.3 is 0 Å². The van der Waals surface area contributed by atoms with Crippen LogP contribution in [-0.4, -0.2) is 23.7 Å². The number of nitrogens with zero attached hydrogens (tertiary/aromatic N) is 3. The summed E-state index contributed by atoms with van der Waals surface area (Å²) in [5.41, 5.74) is 4.16. The SMILES string of the molecule is COc1ccc(C2C3=C(CC(C)(C)CC3=O)N(c3ccc([N+](=O)[O-])cc3Cl)C(=N)C2C#N)cc1COc1c(C)cccc1C. The summed E-state index contributed by atoms with van der Waals surface area (Å²) < 4.78 is 11.9. The summed E-state index contributed by atoms with van der Waals surface area (Å²) in [5.74, 6) is -0.540. The Labute approximate surface area is 261 Å². The molecule has 0 spiro atoms. The van der Waals surface area contributed by atoms with E-state index in [1.165, 1.54) is 18.2 Å². The number of ether oxygens (including phenoxy) is 2. The van der Waals surface area contributed by atoms with Gasteiger partial charge in [-0.05, 0) is 60.6 Å². The predicted octanol–water partition coefficient (Wildman–Crippen LogP) is 7.82. The smallest absolute Gasteiger partial charge is 0.271 e. The van der Waals surface area contributed by atoms with Crippen molar-refractivity contribution in [2.45, 2.75) is 53.1 Å². The molecular formula is C34H33ClN4O5. The number of carbonyl (C=O) groups excluding carboxylic acids is 1. The molecule has 1 aliphatic heterocycles. The zero-order chi connectivity index (χ0) is 31.9. The van der Waals surface area contributed by atoms with Gasteiger partial charge in [-0.15, -0.1) is 0 Å². The van der Waals surface area contributed by atoms with Crippen LogP contribution in [0.25, 0.3) is 0 Å². The summed E-state index contributed by atoms with van der Waals surface area (Å²) in [6.07, 6.45) is 0.714. The van der Waals surface area contributed by atoms with E-state index in [2.05, 4.69) is 6.07 Å². The number of Topliss-reactive ketones (excluding diaryl/α,β-unsaturated/α-hetero) is 1. The molecule has 0 aromatic heterocycles. The lowest BCUT2D eigenvalue weighted by Gasteiger charge is -2.46. The van der Waals surface area contributed by atoms with Gasteiger partial charge in [0.05, 0.1) is 28.8 Å². The number of nitriles is 1. The number of nitro groups is 1. The quantitative estimate of drug-likeness (QED) is 0.213. The lowest BCUT2D eigenvalue weighted by atomic mass is 9.66. The van der Waals surface area contributed by atoms with Crippen LogP contribution < -0.4 is 14.4 Å². The minimum atomic E-state index is -1.04. The van der Waals surface area contributed by atoms with Crippen molar-refractivity contribution in [1.29, 1.82) is 10.7 Å². The highest BCUT2D eigenvalue weighted by atomic mass is 35.5. The van der Waals surface area contributed by atoms with Gasteiger partial charge in [0.15, 0.2) is 5.78 Å². The summed E-state index contributed by atoms with van der Waals surface area (Å²) >= 11 is 6.56. The maximum atomic E-state index is 14.0. The maximum absolute atomic E-state index is 14.0. The Morgan fingerprint density at radius 1 is 1.14 bits per heavy atom. The predicted molar refractivity (Wildman–Crippen MR) is 168 cm³/mol. The van der Waals surface area contributed by atoms with Crippen LogP contribution in [0.15, 0.2) is 65.9 Å². The van der Waals surface area contributed by atoms with Gasteiger partial charge in [0, 0.05) is 41.3 Å². The molecule has 10 heteroatoms. The van der Waals surface area contributed by atoms with Crippen LogP contribution in [0.1, 0.15) is 54.9 Å². The second kappa shape index (κ2) is 11.8. The van der Waals surface area contributed by atoms with Gasteiger partial charge in [-0.1, -0.05) is 49.7 Å². The number of carbonyl (C=O) groups is 1. The number of amidine groups is 1. The van der Waals surface area contributed by atoms with Crippen molar-refractivity contribution in [2.75, 3.05) is 12.0 Å². The molecule has 0 saturated heterocycles. The molecule has 0 fully saturated rings. The number of rotatable bonds is 7. The van der Waals surface area contributed by atoms with E-state index < -0.39 is 22.2 Å². The number of benzene rings is 3. The molecular weight excluding hydrogens is 580 g/mol. The number of anilines is 1. The first kappa shape index (κ1) is 30.8. The van der Waals surface area contributed by atoms with Gasteiger partial charge in [0.2, 0.25) is 0 Å². The van der Waals surface area contributed by atoms with Gasteiger partial charge < -0.3 is 9.47 Å². The van der Waals surface area contributed by atoms with E-state index >= 15 is 0 Å². The lowest BCUT2D eigenvalue weighted by molar-refractivity contribution is -0.384. The Kier molecular flexibility index (Phi) is 8.23. The lowest BCUT2D eigenvalue weighted by Crippen LogP contribution is -2.48. The van der Waals surface area contributed by atoms with Gasteiger partial charge in [-0.3, -0.25) is 25.2 Å². The van der Waals surface area contributed by atoms with Crippen molar-refractivity contribution in [3.05, 3.63) is 103 Å². The molecule has 1 N–H and O–H groups in total. The minimum Gasteiger partial charge on any atom is -0.496 e. The normalized spacial score (nSPS) is 19.3. The Bertz CT molecular complexity index is 1750. The number of hydrogen-bond donors (Lipinski definition) is 1. The number of para-hydroxylation sites is 1. The molecule has 44 heavy (non-hydrogen) atoms. The molecule has 0 radical (unpaired) electrons. The van der Waals surface area contributed by atoms with Crippen LogP contribution in [-0.2, 0) is 11.4 Å². The van der Waals surface area contributed by atoms with Crippen LogP contribution >= 0.6 is 11.6 Å². The second-order valence-electron chi connectivity index (χ2n) is 12.1. The third kappa shape index (κ3) is 5.53. The highest BCUT2D eigenvalue weighted by Gasteiger charge is 2.48. The minimum absolute atomic E-state index is 0.0529. The number of non-ortho nitro benzene ring substituents is 1. The number of halogens is 1. The summed E-state index contributed by atoms with van der Waals surface area (Å²) in [6.45, 7) is 8.12. The molecule has 226 valence electrons. The first-order chi connectivity index (χ1) is 20.9. The van der Waals surface area contributed by atoms with Crippen LogP contribution in [0.2, 0.25) is 5.02 Å². The average molecular weight is 613 g/mol. The molecule has 2 unspecified atom stereocenters. The molecule has 0 bridgehead atoms. The van der Waals surface area contributed by atoms with Crippen molar-refractivity contribution in [1.82, 2.24) is 0 Å². The fourth-order valence-electron chi connectivity index (χ4n) is 6.31. The number of ketones is 1. The van der Waals surface area contributed by atoms with E-state index in [4.69, 9.17) is 21.1 Å². The van der Waals surface area contributed by atoms with Crippen molar-refractivity contribution in [2.24, 2.45) is 11.3 Å². The van der Waals surface area contributed by atoms with Crippen LogP contribution in [0.5, 0.6) is 11.5 Å². The molecule has 5 rings (SSSR count). The van der Waals surface area contributed by atoms with E-state index in [1.54, 1.807) is 18.1 Å². The summed E-state index contributed by atoms with van der Waals surface area (Å²) in [6, 6.07) is 17.7. The largest absolute Gasteiger partial charge is 0.496 e. The zero-order valence-electron chi connectivity index (χ0n) is 25.2. The van der Waals surface area contributed by atoms with Crippen LogP contribution in [0, 0.1) is 52.0 Å². The molecule has 2 aliphatic rings. The number of hydrogen-bond acceptors (Lipinski definition) is 7. The van der Waals surface area contributed by atoms with Gasteiger partial charge in [0.1, 0.15) is 29.9 Å². The third-order valence-corrected chi connectivity index (χ3v) is 8.62. The van der Waals surface area contributed by atoms with Gasteiger partial charge in [-0.2, -0.15) is 5.26 Å². The number of nitro benzene ring substituents is 1. The third-order valence-electron chi connectivity index (χ3n) is 8.31. The topological polar surface area (TPSA) is 130 Å².